The number of imidazole rings is 1. The number of carbonyl (C=O) groups is 1. The van der Waals surface area contributed by atoms with Gasteiger partial charge >= 0.3 is 5.69 Å². The summed E-state index contributed by atoms with van der Waals surface area (Å²) in [6.07, 6.45) is 1.27. The molecule has 0 radical (unpaired) electrons. The molecule has 0 fully saturated rings. The van der Waals surface area contributed by atoms with Crippen LogP contribution in [0.15, 0.2) is 35.4 Å². The Balaban J connectivity index is 2.24. The van der Waals surface area contributed by atoms with Crippen molar-refractivity contribution in [2.24, 2.45) is 5.73 Å². The van der Waals surface area contributed by atoms with Crippen LogP contribution in [0.2, 0.25) is 5.15 Å². The molecule has 0 unspecified atom stereocenters. The number of rotatable bonds is 2. The zero-order chi connectivity index (χ0) is 14.3. The summed E-state index contributed by atoms with van der Waals surface area (Å²) >= 11 is 5.90. The predicted octanol–water partition coefficient (Wildman–Crippen LogP) is 0.861. The molecular formula is C12H8ClN5O2. The molecule has 3 rings (SSSR count). The molecule has 8 heteroatoms. The van der Waals surface area contributed by atoms with Gasteiger partial charge in [-0.15, -0.1) is 0 Å². The van der Waals surface area contributed by atoms with E-state index in [-0.39, 0.29) is 5.15 Å². The summed E-state index contributed by atoms with van der Waals surface area (Å²) in [4.78, 5) is 33.5. The van der Waals surface area contributed by atoms with E-state index in [0.717, 1.165) is 0 Å². The number of benzene rings is 1. The molecule has 1 amide bonds. The molecule has 1 aromatic carbocycles. The quantitative estimate of drug-likeness (QED) is 0.682. The van der Waals surface area contributed by atoms with Gasteiger partial charge in [0.2, 0.25) is 5.91 Å². The minimum absolute atomic E-state index is 0.166. The van der Waals surface area contributed by atoms with E-state index >= 15 is 0 Å². The summed E-state index contributed by atoms with van der Waals surface area (Å²) in [5, 5.41) is 0.166. The van der Waals surface area contributed by atoms with Gasteiger partial charge in [-0.1, -0.05) is 11.6 Å². The number of hydrogen-bond acceptors (Lipinski definition) is 4. The molecule has 2 heterocycles. The summed E-state index contributed by atoms with van der Waals surface area (Å²) < 4.78 is 1.34. The number of primary amides is 1. The van der Waals surface area contributed by atoms with E-state index in [4.69, 9.17) is 17.3 Å². The van der Waals surface area contributed by atoms with Crippen molar-refractivity contribution in [2.45, 2.75) is 0 Å². The number of fused-ring (bicyclic) bond motifs is 1. The number of carbonyl (C=O) groups excluding carboxylic acids is 1. The third kappa shape index (κ3) is 1.84. The molecule has 7 nitrogen and oxygen atoms in total. The third-order valence-electron chi connectivity index (χ3n) is 2.84. The van der Waals surface area contributed by atoms with Crippen molar-refractivity contribution in [2.75, 3.05) is 0 Å². The maximum Gasteiger partial charge on any atom is 0.332 e. The normalized spacial score (nSPS) is 10.8. The van der Waals surface area contributed by atoms with E-state index in [2.05, 4.69) is 15.0 Å². The molecule has 0 atom stereocenters. The third-order valence-corrected chi connectivity index (χ3v) is 3.12. The van der Waals surface area contributed by atoms with Crippen molar-refractivity contribution >= 4 is 28.7 Å². The average molecular weight is 290 g/mol. The molecule has 3 aromatic rings. The predicted molar refractivity (Wildman–Crippen MR) is 73.0 cm³/mol. The van der Waals surface area contributed by atoms with E-state index in [1.54, 1.807) is 12.1 Å². The number of nitrogens with zero attached hydrogens (tertiary/aromatic N) is 3. The Kier molecular flexibility index (Phi) is 2.76. The lowest BCUT2D eigenvalue weighted by molar-refractivity contribution is 0.100. The largest absolute Gasteiger partial charge is 0.366 e. The van der Waals surface area contributed by atoms with E-state index in [1.807, 2.05) is 0 Å². The first-order chi connectivity index (χ1) is 9.58. The van der Waals surface area contributed by atoms with Crippen molar-refractivity contribution < 1.29 is 4.79 Å². The van der Waals surface area contributed by atoms with Crippen LogP contribution in [0.1, 0.15) is 10.4 Å². The maximum absolute atomic E-state index is 12.0. The maximum atomic E-state index is 12.0. The summed E-state index contributed by atoms with van der Waals surface area (Å²) in [5.41, 5.74) is 6.40. The average Bonchev–Trinajstić information content (AvgIpc) is 2.77. The molecule has 0 aliphatic rings. The highest BCUT2D eigenvalue weighted by atomic mass is 35.5. The van der Waals surface area contributed by atoms with Crippen LogP contribution in [-0.2, 0) is 0 Å². The van der Waals surface area contributed by atoms with E-state index < -0.39 is 11.6 Å². The number of nitrogens with two attached hydrogens (primary N) is 1. The monoisotopic (exact) mass is 289 g/mol. The van der Waals surface area contributed by atoms with E-state index in [1.165, 1.54) is 23.0 Å². The van der Waals surface area contributed by atoms with E-state index in [9.17, 15) is 9.59 Å². The van der Waals surface area contributed by atoms with Crippen LogP contribution >= 0.6 is 11.6 Å². The molecule has 20 heavy (non-hydrogen) atoms. The number of halogens is 1. The lowest BCUT2D eigenvalue weighted by atomic mass is 10.2. The van der Waals surface area contributed by atoms with Crippen LogP contribution in [0.5, 0.6) is 0 Å². The fourth-order valence-corrected chi connectivity index (χ4v) is 2.08. The summed E-state index contributed by atoms with van der Waals surface area (Å²) in [7, 11) is 0. The van der Waals surface area contributed by atoms with Gasteiger partial charge in [0.1, 0.15) is 11.8 Å². The van der Waals surface area contributed by atoms with Crippen LogP contribution in [0.3, 0.4) is 0 Å². The number of aromatic nitrogens is 4. The summed E-state index contributed by atoms with van der Waals surface area (Å²) in [5.74, 6) is -0.534. The van der Waals surface area contributed by atoms with Crippen LogP contribution in [0.4, 0.5) is 0 Å². The van der Waals surface area contributed by atoms with Crippen molar-refractivity contribution in [1.82, 2.24) is 19.5 Å². The first kappa shape index (κ1) is 12.4. The summed E-state index contributed by atoms with van der Waals surface area (Å²) in [6, 6.07) is 6.27. The minimum Gasteiger partial charge on any atom is -0.366 e. The van der Waals surface area contributed by atoms with Gasteiger partial charge in [-0.25, -0.2) is 19.3 Å². The highest BCUT2D eigenvalue weighted by Gasteiger charge is 2.13. The highest BCUT2D eigenvalue weighted by molar-refractivity contribution is 6.33. The van der Waals surface area contributed by atoms with Gasteiger partial charge in [-0.3, -0.25) is 4.79 Å². The fourth-order valence-electron chi connectivity index (χ4n) is 1.91. The van der Waals surface area contributed by atoms with Crippen LogP contribution in [-0.4, -0.2) is 25.4 Å². The van der Waals surface area contributed by atoms with Gasteiger partial charge < -0.3 is 10.7 Å². The van der Waals surface area contributed by atoms with Crippen molar-refractivity contribution in [3.05, 3.63) is 51.8 Å². The standard InChI is InChI=1S/C12H8ClN5O2/c13-9-8-11(16-5-15-9)18(12(20)17-8)7-3-1-6(2-4-7)10(14)19/h1-5H,(H2,14,19)(H,17,20). The number of aromatic amines is 1. The van der Waals surface area contributed by atoms with Gasteiger partial charge in [0.25, 0.3) is 0 Å². The molecule has 0 saturated heterocycles. The highest BCUT2D eigenvalue weighted by Crippen LogP contribution is 2.18. The molecule has 0 aliphatic heterocycles. The second-order valence-corrected chi connectivity index (χ2v) is 4.40. The molecule has 0 saturated carbocycles. The van der Waals surface area contributed by atoms with Crippen LogP contribution < -0.4 is 11.4 Å². The Morgan fingerprint density at radius 3 is 2.60 bits per heavy atom. The smallest absolute Gasteiger partial charge is 0.332 e. The first-order valence-corrected chi connectivity index (χ1v) is 5.97. The number of H-pyrrole nitrogens is 1. The Hall–Kier alpha value is -2.67. The second-order valence-electron chi connectivity index (χ2n) is 4.04. The lowest BCUT2D eigenvalue weighted by Gasteiger charge is -2.03. The topological polar surface area (TPSA) is 107 Å². The molecule has 3 N–H and O–H groups in total. The lowest BCUT2D eigenvalue weighted by Crippen LogP contribution is -2.15. The van der Waals surface area contributed by atoms with Crippen molar-refractivity contribution in [1.29, 1.82) is 0 Å². The SMILES string of the molecule is NC(=O)c1ccc(-n2c(=O)[nH]c3c(Cl)ncnc32)cc1. The Morgan fingerprint density at radius 2 is 1.95 bits per heavy atom. The van der Waals surface area contributed by atoms with Crippen LogP contribution in [0, 0.1) is 0 Å². The zero-order valence-corrected chi connectivity index (χ0v) is 10.8. The van der Waals surface area contributed by atoms with Gasteiger partial charge in [-0.2, -0.15) is 0 Å². The number of hydrogen-bond donors (Lipinski definition) is 2. The molecule has 100 valence electrons. The Morgan fingerprint density at radius 1 is 1.25 bits per heavy atom. The molecule has 2 aromatic heterocycles. The fraction of sp³-hybridized carbons (Fsp3) is 0. The zero-order valence-electron chi connectivity index (χ0n) is 10.0. The number of nitrogens with one attached hydrogen (secondary N) is 1. The van der Waals surface area contributed by atoms with Gasteiger partial charge in [0, 0.05) is 5.56 Å². The molecular weight excluding hydrogens is 282 g/mol. The Bertz CT molecular complexity index is 866. The molecule has 0 aliphatic carbocycles. The van der Waals surface area contributed by atoms with Gasteiger partial charge in [0.05, 0.1) is 5.69 Å². The molecule has 0 spiro atoms. The first-order valence-electron chi connectivity index (χ1n) is 5.59. The van der Waals surface area contributed by atoms with E-state index in [0.29, 0.717) is 22.4 Å². The minimum atomic E-state index is -0.534. The Labute approximate surface area is 117 Å². The second kappa shape index (κ2) is 4.46. The summed E-state index contributed by atoms with van der Waals surface area (Å²) in [6.45, 7) is 0. The number of amides is 1. The van der Waals surface area contributed by atoms with Gasteiger partial charge in [-0.05, 0) is 24.3 Å². The van der Waals surface area contributed by atoms with Crippen molar-refractivity contribution in [3.63, 3.8) is 0 Å². The van der Waals surface area contributed by atoms with Gasteiger partial charge in [0.15, 0.2) is 10.8 Å². The van der Waals surface area contributed by atoms with Crippen molar-refractivity contribution in [3.8, 4) is 5.69 Å². The molecule has 0 bridgehead atoms. The van der Waals surface area contributed by atoms with Crippen LogP contribution in [0.25, 0.3) is 16.9 Å².